The first kappa shape index (κ1) is 16.5. The lowest BCUT2D eigenvalue weighted by atomic mass is 9.80. The molecule has 0 bridgehead atoms. The average Bonchev–Trinajstić information content (AvgIpc) is 2.39. The fraction of sp³-hybridized carbons (Fsp3) is 0.385. The topological polar surface area (TPSA) is 110 Å². The van der Waals surface area contributed by atoms with E-state index in [4.69, 9.17) is 10.8 Å². The van der Waals surface area contributed by atoms with E-state index >= 15 is 0 Å². The minimum absolute atomic E-state index is 0.0409. The molecule has 0 unspecified atom stereocenters. The first-order valence-corrected chi connectivity index (χ1v) is 6.52. The highest BCUT2D eigenvalue weighted by molar-refractivity contribution is 9.10. The van der Waals surface area contributed by atoms with Crippen LogP contribution in [0.1, 0.15) is 35.8 Å². The summed E-state index contributed by atoms with van der Waals surface area (Å²) in [6, 6.07) is 1.59. The summed E-state index contributed by atoms with van der Waals surface area (Å²) >= 11 is 3.07. The van der Waals surface area contributed by atoms with Crippen molar-refractivity contribution >= 4 is 27.9 Å². The molecule has 0 fully saturated rings. The molecule has 0 heterocycles. The Bertz CT molecular complexity index is 556. The second kappa shape index (κ2) is 5.80. The number of carbonyl (C=O) groups excluding carboxylic acids is 1. The van der Waals surface area contributed by atoms with Crippen molar-refractivity contribution in [2.24, 2.45) is 11.1 Å². The van der Waals surface area contributed by atoms with Crippen LogP contribution in [0.25, 0.3) is 0 Å². The van der Waals surface area contributed by atoms with E-state index in [2.05, 4.69) is 20.7 Å². The minimum Gasteiger partial charge on any atom is -0.506 e. The molecule has 110 valence electrons. The monoisotopic (exact) mass is 345 g/mol. The van der Waals surface area contributed by atoms with Gasteiger partial charge in [-0.3, -0.25) is 4.79 Å². The van der Waals surface area contributed by atoms with Gasteiger partial charge in [0.05, 0.1) is 22.6 Å². The summed E-state index contributed by atoms with van der Waals surface area (Å²) in [6.07, 6.45) is 0. The molecule has 7 heteroatoms. The smallest absolute Gasteiger partial charge is 0.335 e. The van der Waals surface area contributed by atoms with Crippen molar-refractivity contribution in [1.82, 2.24) is 0 Å². The Kier molecular flexibility index (Phi) is 4.77. The zero-order chi connectivity index (χ0) is 15.7. The van der Waals surface area contributed by atoms with E-state index in [0.717, 1.165) is 0 Å². The highest BCUT2D eigenvalue weighted by Gasteiger charge is 2.38. The highest BCUT2D eigenvalue weighted by atomic mass is 79.9. The zero-order valence-electron chi connectivity index (χ0n) is 11.3. The fourth-order valence-corrected chi connectivity index (χ4v) is 2.24. The lowest BCUT2D eigenvalue weighted by Gasteiger charge is -2.29. The van der Waals surface area contributed by atoms with E-state index in [9.17, 15) is 14.7 Å². The molecule has 0 amide bonds. The second-order valence-electron chi connectivity index (χ2n) is 4.89. The third-order valence-corrected chi connectivity index (χ3v) is 3.77. The minimum atomic E-state index is -1.16. The molecule has 20 heavy (non-hydrogen) atoms. The molecule has 0 saturated carbocycles. The van der Waals surface area contributed by atoms with Crippen molar-refractivity contribution in [3.05, 3.63) is 27.7 Å². The number of hydrogen-bond donors (Lipinski definition) is 3. The molecular weight excluding hydrogens is 330 g/mol. The number of phenolic OH excluding ortho intramolecular Hbond substituents is 1. The number of esters is 1. The number of carboxylic acids is 1. The number of aromatic hydroxyl groups is 1. The van der Waals surface area contributed by atoms with Crippen LogP contribution >= 0.6 is 15.9 Å². The summed E-state index contributed by atoms with van der Waals surface area (Å²) < 4.78 is 4.87. The number of methoxy groups -OCH3 is 1. The van der Waals surface area contributed by atoms with Gasteiger partial charge in [-0.2, -0.15) is 0 Å². The van der Waals surface area contributed by atoms with Gasteiger partial charge in [0, 0.05) is 11.6 Å². The molecule has 0 aliphatic heterocycles. The van der Waals surface area contributed by atoms with Gasteiger partial charge in [-0.25, -0.2) is 4.79 Å². The molecule has 1 aromatic carbocycles. The summed E-state index contributed by atoms with van der Waals surface area (Å²) in [5.41, 5.74) is 5.01. The molecule has 1 atom stereocenters. The van der Waals surface area contributed by atoms with Crippen LogP contribution in [0.15, 0.2) is 16.6 Å². The van der Waals surface area contributed by atoms with Crippen LogP contribution in [0.2, 0.25) is 0 Å². The van der Waals surface area contributed by atoms with Crippen molar-refractivity contribution in [3.63, 3.8) is 0 Å². The van der Waals surface area contributed by atoms with Crippen LogP contribution in [-0.2, 0) is 9.53 Å². The number of benzene rings is 1. The Hall–Kier alpha value is -1.60. The Balaban J connectivity index is 3.38. The van der Waals surface area contributed by atoms with Crippen molar-refractivity contribution in [2.75, 3.05) is 7.11 Å². The van der Waals surface area contributed by atoms with E-state index in [0.29, 0.717) is 0 Å². The number of ether oxygens (including phenoxy) is 1. The number of rotatable bonds is 4. The molecule has 0 aliphatic rings. The summed E-state index contributed by atoms with van der Waals surface area (Å²) in [4.78, 5) is 22.8. The van der Waals surface area contributed by atoms with Crippen molar-refractivity contribution in [2.45, 2.75) is 19.9 Å². The van der Waals surface area contributed by atoms with Crippen LogP contribution in [0.4, 0.5) is 0 Å². The molecule has 0 radical (unpaired) electrons. The van der Waals surface area contributed by atoms with Gasteiger partial charge < -0.3 is 20.7 Å². The normalized spacial score (nSPS) is 12.8. The molecular formula is C13H16BrNO5. The molecule has 4 N–H and O–H groups in total. The molecule has 0 aliphatic carbocycles. The lowest BCUT2D eigenvalue weighted by molar-refractivity contribution is -0.152. The SMILES string of the molecule is COC(=O)C(C)(C)[C@@H](N)c1cc(C(=O)O)cc(Br)c1O. The van der Waals surface area contributed by atoms with Crippen LogP contribution in [0.3, 0.4) is 0 Å². The van der Waals surface area contributed by atoms with Gasteiger partial charge in [-0.1, -0.05) is 0 Å². The van der Waals surface area contributed by atoms with E-state index in [1.165, 1.54) is 19.2 Å². The first-order valence-electron chi connectivity index (χ1n) is 5.72. The number of carbonyl (C=O) groups is 2. The van der Waals surface area contributed by atoms with Crippen molar-refractivity contribution in [1.29, 1.82) is 0 Å². The Labute approximate surface area is 124 Å². The Morgan fingerprint density at radius 1 is 1.40 bits per heavy atom. The number of phenols is 1. The number of aromatic carboxylic acids is 1. The molecule has 6 nitrogen and oxygen atoms in total. The molecule has 1 rings (SSSR count). The van der Waals surface area contributed by atoms with Crippen LogP contribution in [0.5, 0.6) is 5.75 Å². The van der Waals surface area contributed by atoms with Crippen LogP contribution in [-0.4, -0.2) is 29.3 Å². The molecule has 0 spiro atoms. The maximum Gasteiger partial charge on any atom is 0.335 e. The molecule has 0 saturated heterocycles. The number of carboxylic acid groups (broad SMARTS) is 1. The Morgan fingerprint density at radius 3 is 2.40 bits per heavy atom. The Morgan fingerprint density at radius 2 is 1.95 bits per heavy atom. The van der Waals surface area contributed by atoms with E-state index in [-0.39, 0.29) is 21.3 Å². The third kappa shape index (κ3) is 2.94. The lowest BCUT2D eigenvalue weighted by Crippen LogP contribution is -2.37. The highest BCUT2D eigenvalue weighted by Crippen LogP contribution is 2.40. The zero-order valence-corrected chi connectivity index (χ0v) is 12.9. The van der Waals surface area contributed by atoms with Gasteiger partial charge in [-0.15, -0.1) is 0 Å². The predicted molar refractivity (Wildman–Crippen MR) is 75.5 cm³/mol. The van der Waals surface area contributed by atoms with Crippen molar-refractivity contribution in [3.8, 4) is 5.75 Å². The first-order chi connectivity index (χ1) is 9.12. The number of nitrogens with two attached hydrogens (primary N) is 1. The summed E-state index contributed by atoms with van der Waals surface area (Å²) in [6.45, 7) is 3.12. The fourth-order valence-electron chi connectivity index (χ4n) is 1.76. The van der Waals surface area contributed by atoms with Gasteiger partial charge in [0.2, 0.25) is 0 Å². The standard InChI is InChI=1S/C13H16BrNO5/c1-13(2,12(19)20-3)10(15)7-4-6(11(17)18)5-8(14)9(7)16/h4-5,10,16H,15H2,1-3H3,(H,17,18)/t10-/m0/s1. The van der Waals surface area contributed by atoms with Gasteiger partial charge >= 0.3 is 11.9 Å². The maximum atomic E-state index is 11.8. The summed E-state index contributed by atoms with van der Waals surface area (Å²) in [7, 11) is 1.24. The second-order valence-corrected chi connectivity index (χ2v) is 5.75. The van der Waals surface area contributed by atoms with Gasteiger partial charge in [-0.05, 0) is 41.9 Å². The molecule has 1 aromatic rings. The van der Waals surface area contributed by atoms with Crippen LogP contribution < -0.4 is 5.73 Å². The van der Waals surface area contributed by atoms with E-state index < -0.39 is 23.4 Å². The quantitative estimate of drug-likeness (QED) is 0.720. The predicted octanol–water partition coefficient (Wildman–Crippen LogP) is 2.05. The van der Waals surface area contributed by atoms with E-state index in [1.807, 2.05) is 0 Å². The van der Waals surface area contributed by atoms with Gasteiger partial charge in [0.1, 0.15) is 5.75 Å². The maximum absolute atomic E-state index is 11.8. The third-order valence-electron chi connectivity index (χ3n) is 3.16. The van der Waals surface area contributed by atoms with Crippen molar-refractivity contribution < 1.29 is 24.5 Å². The van der Waals surface area contributed by atoms with Gasteiger partial charge in [0.15, 0.2) is 0 Å². The summed E-state index contributed by atoms with van der Waals surface area (Å²) in [5, 5.41) is 19.0. The summed E-state index contributed by atoms with van der Waals surface area (Å²) in [5.74, 6) is -1.91. The van der Waals surface area contributed by atoms with Gasteiger partial charge in [0.25, 0.3) is 0 Å². The van der Waals surface area contributed by atoms with Crippen LogP contribution in [0, 0.1) is 5.41 Å². The molecule has 0 aromatic heterocycles. The van der Waals surface area contributed by atoms with E-state index in [1.54, 1.807) is 13.8 Å². The number of hydrogen-bond acceptors (Lipinski definition) is 5. The average molecular weight is 346 g/mol. The number of halogens is 1. The largest absolute Gasteiger partial charge is 0.506 e.